The number of carbonyl (C=O) groups is 1. The molecular weight excluding hydrogens is 328 g/mol. The quantitative estimate of drug-likeness (QED) is 0.296. The molecule has 0 heterocycles. The van der Waals surface area contributed by atoms with E-state index in [2.05, 4.69) is 0 Å². The summed E-state index contributed by atoms with van der Waals surface area (Å²) in [6.07, 6.45) is 1.69. The topological polar surface area (TPSA) is 83.5 Å². The van der Waals surface area contributed by atoms with Crippen LogP contribution in [-0.4, -0.2) is 78.6 Å². The van der Waals surface area contributed by atoms with E-state index in [1.54, 1.807) is 28.3 Å². The molecule has 0 aromatic heterocycles. The van der Waals surface area contributed by atoms with Gasteiger partial charge in [0.1, 0.15) is 12.7 Å². The number of rotatable bonds is 13. The van der Waals surface area contributed by atoms with Crippen LogP contribution < -0.4 is 0 Å². The van der Waals surface area contributed by atoms with Crippen molar-refractivity contribution in [3.8, 4) is 0 Å². The van der Waals surface area contributed by atoms with Gasteiger partial charge in [-0.25, -0.2) is 0 Å². The number of carbonyl (C=O) groups excluding carboxylic acids is 1. The summed E-state index contributed by atoms with van der Waals surface area (Å²) in [5.74, 6) is -0.331. The predicted octanol–water partition coefficient (Wildman–Crippen LogP) is 0.927. The van der Waals surface area contributed by atoms with Crippen LogP contribution in [0.5, 0.6) is 0 Å². The maximum atomic E-state index is 11.4. The van der Waals surface area contributed by atoms with Crippen LogP contribution in [0.4, 0.5) is 0 Å². The first-order chi connectivity index (χ1) is 10.4. The van der Waals surface area contributed by atoms with Gasteiger partial charge in [0.25, 0.3) is 0 Å². The van der Waals surface area contributed by atoms with Crippen molar-refractivity contribution in [3.05, 3.63) is 0 Å². The third-order valence-corrected chi connectivity index (χ3v) is 6.85. The third-order valence-electron chi connectivity index (χ3n) is 3.12. The highest BCUT2D eigenvalue weighted by Gasteiger charge is 2.36. The van der Waals surface area contributed by atoms with Gasteiger partial charge in [-0.05, 0) is 19.6 Å². The molecule has 0 saturated heterocycles. The highest BCUT2D eigenvalue weighted by Crippen LogP contribution is 2.14. The number of aliphatic hydroxyl groups excluding tert-OH is 1. The highest BCUT2D eigenvalue weighted by atomic mass is 32.2. The Morgan fingerprint density at radius 3 is 2.27 bits per heavy atom. The molecule has 7 nitrogen and oxygen atoms in total. The second-order valence-corrected chi connectivity index (χ2v) is 8.90. The molecule has 0 fully saturated rings. The van der Waals surface area contributed by atoms with Gasteiger partial charge in [0.05, 0.1) is 11.9 Å². The molecule has 0 radical (unpaired) electrons. The monoisotopic (exact) mass is 356 g/mol. The first-order valence-electron chi connectivity index (χ1n) is 7.05. The van der Waals surface area contributed by atoms with E-state index in [1.165, 1.54) is 11.8 Å². The van der Waals surface area contributed by atoms with Crippen molar-refractivity contribution < 1.29 is 32.7 Å². The van der Waals surface area contributed by atoms with Crippen molar-refractivity contribution >= 4 is 26.5 Å². The van der Waals surface area contributed by atoms with Gasteiger partial charge in [-0.2, -0.15) is 11.8 Å². The van der Waals surface area contributed by atoms with E-state index in [1.807, 2.05) is 6.26 Å². The minimum absolute atomic E-state index is 0.0589. The predicted molar refractivity (Wildman–Crippen MR) is 87.0 cm³/mol. The summed E-state index contributed by atoms with van der Waals surface area (Å²) >= 11 is 1.40. The number of hydrogen-bond acceptors (Lipinski definition) is 8. The maximum Gasteiger partial charge on any atom is 0.500 e. The summed E-state index contributed by atoms with van der Waals surface area (Å²) < 4.78 is 26.2. The van der Waals surface area contributed by atoms with Crippen molar-refractivity contribution in [3.63, 3.8) is 0 Å². The first-order valence-corrected chi connectivity index (χ1v) is 10.3. The van der Waals surface area contributed by atoms with E-state index in [0.29, 0.717) is 19.1 Å². The van der Waals surface area contributed by atoms with Crippen LogP contribution in [0.25, 0.3) is 0 Å². The van der Waals surface area contributed by atoms with Crippen molar-refractivity contribution in [1.82, 2.24) is 0 Å². The Bertz CT molecular complexity index is 294. The summed E-state index contributed by atoms with van der Waals surface area (Å²) in [6, 6.07) is 0.632. The van der Waals surface area contributed by atoms with Gasteiger partial charge in [0.15, 0.2) is 0 Å². The van der Waals surface area contributed by atoms with Crippen molar-refractivity contribution in [2.45, 2.75) is 30.7 Å². The lowest BCUT2D eigenvalue weighted by molar-refractivity contribution is -0.146. The second kappa shape index (κ2) is 12.3. The standard InChI is InChI=1S/C13H28O7SSi/c1-11(21-5)13(15)20-10-12(14)9-19-7-6-8-22(16-2,17-3)18-4/h11-12,14H,6-10H2,1-5H3. The summed E-state index contributed by atoms with van der Waals surface area (Å²) in [6.45, 7) is 2.25. The van der Waals surface area contributed by atoms with Crippen LogP contribution in [0.15, 0.2) is 0 Å². The summed E-state index contributed by atoms with van der Waals surface area (Å²) in [4.78, 5) is 11.4. The van der Waals surface area contributed by atoms with Gasteiger partial charge in [0, 0.05) is 34.0 Å². The fourth-order valence-electron chi connectivity index (χ4n) is 1.61. The number of aliphatic hydroxyl groups is 1. The van der Waals surface area contributed by atoms with Crippen LogP contribution >= 0.6 is 11.8 Å². The van der Waals surface area contributed by atoms with E-state index < -0.39 is 14.9 Å². The Morgan fingerprint density at radius 2 is 1.77 bits per heavy atom. The van der Waals surface area contributed by atoms with Crippen molar-refractivity contribution in [1.29, 1.82) is 0 Å². The molecule has 0 aliphatic heterocycles. The smallest absolute Gasteiger partial charge is 0.462 e. The van der Waals surface area contributed by atoms with Crippen LogP contribution in [0.2, 0.25) is 6.04 Å². The molecule has 0 aliphatic rings. The number of ether oxygens (including phenoxy) is 2. The molecular formula is C13H28O7SSi. The van der Waals surface area contributed by atoms with Gasteiger partial charge in [-0.3, -0.25) is 4.79 Å². The second-order valence-electron chi connectivity index (χ2n) is 4.64. The lowest BCUT2D eigenvalue weighted by Crippen LogP contribution is -2.42. The highest BCUT2D eigenvalue weighted by molar-refractivity contribution is 7.99. The van der Waals surface area contributed by atoms with E-state index >= 15 is 0 Å². The fourth-order valence-corrected chi connectivity index (χ4v) is 3.56. The molecule has 22 heavy (non-hydrogen) atoms. The maximum absolute atomic E-state index is 11.4. The molecule has 0 amide bonds. The molecule has 9 heteroatoms. The molecule has 0 aliphatic carbocycles. The van der Waals surface area contributed by atoms with Gasteiger partial charge in [0.2, 0.25) is 0 Å². The molecule has 0 saturated carbocycles. The molecule has 0 aromatic rings. The average molecular weight is 357 g/mol. The van der Waals surface area contributed by atoms with Crippen LogP contribution in [0.3, 0.4) is 0 Å². The zero-order valence-corrected chi connectivity index (χ0v) is 15.8. The zero-order valence-electron chi connectivity index (χ0n) is 14.0. The average Bonchev–Trinajstić information content (AvgIpc) is 2.55. The largest absolute Gasteiger partial charge is 0.500 e. The van der Waals surface area contributed by atoms with Gasteiger partial charge < -0.3 is 27.9 Å². The SMILES string of the molecule is CO[Si](CCCOCC(O)COC(=O)C(C)SC)(OC)OC. The van der Waals surface area contributed by atoms with Gasteiger partial charge in [-0.15, -0.1) is 0 Å². The van der Waals surface area contributed by atoms with Crippen LogP contribution in [0.1, 0.15) is 13.3 Å². The van der Waals surface area contributed by atoms with E-state index in [-0.39, 0.29) is 24.4 Å². The van der Waals surface area contributed by atoms with Crippen LogP contribution in [-0.2, 0) is 27.5 Å². The van der Waals surface area contributed by atoms with E-state index in [4.69, 9.17) is 22.8 Å². The summed E-state index contributed by atoms with van der Waals surface area (Å²) in [7, 11) is 2.13. The first kappa shape index (κ1) is 21.8. The van der Waals surface area contributed by atoms with Crippen LogP contribution in [0, 0.1) is 0 Å². The number of thioether (sulfide) groups is 1. The molecule has 2 atom stereocenters. The lowest BCUT2D eigenvalue weighted by Gasteiger charge is -2.24. The van der Waals surface area contributed by atoms with Crippen molar-refractivity contribution in [2.24, 2.45) is 0 Å². The normalized spacial score (nSPS) is 14.6. The van der Waals surface area contributed by atoms with E-state index in [9.17, 15) is 9.90 Å². The Kier molecular flexibility index (Phi) is 12.2. The molecule has 0 bridgehead atoms. The van der Waals surface area contributed by atoms with Crippen molar-refractivity contribution in [2.75, 3.05) is 47.4 Å². The molecule has 1 N–H and O–H groups in total. The molecule has 0 aromatic carbocycles. The molecule has 0 rings (SSSR count). The number of hydrogen-bond donors (Lipinski definition) is 1. The summed E-state index contributed by atoms with van der Waals surface area (Å²) in [5.41, 5.74) is 0. The van der Waals surface area contributed by atoms with Gasteiger partial charge >= 0.3 is 14.8 Å². The zero-order chi connectivity index (χ0) is 17.0. The fraction of sp³-hybridized carbons (Fsp3) is 0.923. The Hall–Kier alpha value is -0.163. The number of esters is 1. The summed E-state index contributed by atoms with van der Waals surface area (Å²) in [5, 5.41) is 9.44. The molecule has 2 unspecified atom stereocenters. The lowest BCUT2D eigenvalue weighted by atomic mass is 10.4. The molecule has 132 valence electrons. The van der Waals surface area contributed by atoms with E-state index in [0.717, 1.165) is 0 Å². The Labute approximate surface area is 138 Å². The third kappa shape index (κ3) is 8.46. The molecule has 0 spiro atoms. The Balaban J connectivity index is 3.77. The minimum atomic E-state index is -2.56. The van der Waals surface area contributed by atoms with Gasteiger partial charge in [-0.1, -0.05) is 0 Å². The minimum Gasteiger partial charge on any atom is -0.462 e. The Morgan fingerprint density at radius 1 is 1.18 bits per heavy atom.